The van der Waals surface area contributed by atoms with E-state index in [1.54, 1.807) is 13.8 Å². The van der Waals surface area contributed by atoms with E-state index in [9.17, 15) is 14.4 Å². The summed E-state index contributed by atoms with van der Waals surface area (Å²) in [5.41, 5.74) is 15.0. The highest BCUT2D eigenvalue weighted by Gasteiger charge is 2.30. The van der Waals surface area contributed by atoms with Gasteiger partial charge in [-0.05, 0) is 47.6 Å². The van der Waals surface area contributed by atoms with Crippen LogP contribution < -0.4 is 16.8 Å². The van der Waals surface area contributed by atoms with Gasteiger partial charge in [-0.3, -0.25) is 4.79 Å². The number of carbonyl (C=O) groups is 3. The van der Waals surface area contributed by atoms with Crippen molar-refractivity contribution in [2.75, 3.05) is 13.2 Å². The van der Waals surface area contributed by atoms with Gasteiger partial charge >= 0.3 is 18.0 Å². The zero-order valence-electron chi connectivity index (χ0n) is 20.6. The topological polar surface area (TPSA) is 165 Å². The van der Waals surface area contributed by atoms with Crippen LogP contribution in [-0.4, -0.2) is 53.5 Å². The van der Waals surface area contributed by atoms with Crippen molar-refractivity contribution in [3.8, 4) is 11.1 Å². The lowest BCUT2D eigenvalue weighted by molar-refractivity contribution is -0.140. The molecule has 2 unspecified atom stereocenters. The molecule has 0 heterocycles. The zero-order valence-corrected chi connectivity index (χ0v) is 21.4. The minimum Gasteiger partial charge on any atom is -0.480 e. The molecule has 1 aliphatic carbocycles. The van der Waals surface area contributed by atoms with Crippen molar-refractivity contribution in [2.24, 2.45) is 17.4 Å². The molecule has 2 aromatic carbocycles. The molecule has 0 bridgehead atoms. The summed E-state index contributed by atoms with van der Waals surface area (Å²) in [6.45, 7) is 4.25. The summed E-state index contributed by atoms with van der Waals surface area (Å²) in [6, 6.07) is 14.4. The van der Waals surface area contributed by atoms with Gasteiger partial charge in [0, 0.05) is 5.92 Å². The molecule has 0 radical (unpaired) electrons. The fourth-order valence-corrected chi connectivity index (χ4v) is 3.91. The lowest BCUT2D eigenvalue weighted by Gasteiger charge is -2.19. The number of carboxylic acids is 2. The summed E-state index contributed by atoms with van der Waals surface area (Å²) in [7, 11) is 0. The smallest absolute Gasteiger partial charge is 0.407 e. The van der Waals surface area contributed by atoms with Crippen molar-refractivity contribution in [2.45, 2.75) is 51.1 Å². The third-order valence-electron chi connectivity index (χ3n) is 5.84. The van der Waals surface area contributed by atoms with Gasteiger partial charge in [0.25, 0.3) is 0 Å². The summed E-state index contributed by atoms with van der Waals surface area (Å²) in [5, 5.41) is 19.9. The highest BCUT2D eigenvalue weighted by molar-refractivity contribution is 5.85. The number of ether oxygens (including phenoxy) is 1. The number of unbranched alkanes of at least 4 members (excludes halogenated alkanes) is 1. The van der Waals surface area contributed by atoms with E-state index in [0.29, 0.717) is 13.0 Å². The molecule has 0 saturated heterocycles. The predicted molar refractivity (Wildman–Crippen MR) is 140 cm³/mol. The van der Waals surface area contributed by atoms with E-state index in [1.807, 2.05) is 36.4 Å². The Hall–Kier alpha value is -3.14. The second kappa shape index (κ2) is 15.1. The predicted octanol–water partition coefficient (Wildman–Crippen LogP) is 3.58. The fourth-order valence-electron chi connectivity index (χ4n) is 3.91. The number of benzene rings is 2. The molecule has 0 spiro atoms. The Morgan fingerprint density at radius 1 is 0.944 bits per heavy atom. The number of nitrogens with one attached hydrogen (secondary N) is 1. The van der Waals surface area contributed by atoms with Crippen LogP contribution in [0.5, 0.6) is 0 Å². The molecule has 9 nitrogen and oxygen atoms in total. The van der Waals surface area contributed by atoms with Crippen LogP contribution in [0.4, 0.5) is 4.79 Å². The van der Waals surface area contributed by atoms with E-state index in [2.05, 4.69) is 17.4 Å². The molecule has 2 aromatic rings. The lowest BCUT2D eigenvalue weighted by atomic mass is 9.98. The molecular formula is C26H36ClN3O6. The molecule has 7 N–H and O–H groups in total. The first-order chi connectivity index (χ1) is 16.7. The van der Waals surface area contributed by atoms with Crippen molar-refractivity contribution >= 4 is 30.4 Å². The monoisotopic (exact) mass is 521 g/mol. The van der Waals surface area contributed by atoms with Gasteiger partial charge in [-0.15, -0.1) is 12.4 Å². The molecular weight excluding hydrogens is 486 g/mol. The number of alkyl carbamates (subject to hydrolysis) is 1. The standard InChI is InChI=1S/C20H21NO4.C6H14N2O2.ClH/c1-12(2)18(19(22)23)21-20(24)25-11-17-15-9-5-3-7-13(15)14-8-4-6-10-16(14)17;7-4-2-1-3-5(8)6(9)10;/h3-10,12,17-18H,11H2,1-2H3,(H,21,24)(H,22,23);5H,1-4,7-8H2,(H,9,10);1H. The van der Waals surface area contributed by atoms with Crippen molar-refractivity contribution in [3.05, 3.63) is 59.7 Å². The van der Waals surface area contributed by atoms with Crippen LogP contribution in [0.25, 0.3) is 11.1 Å². The Morgan fingerprint density at radius 2 is 1.47 bits per heavy atom. The largest absolute Gasteiger partial charge is 0.480 e. The highest BCUT2D eigenvalue weighted by atomic mass is 35.5. The second-order valence-electron chi connectivity index (χ2n) is 8.76. The Labute approximate surface area is 217 Å². The third-order valence-corrected chi connectivity index (χ3v) is 5.84. The number of nitrogens with two attached hydrogens (primary N) is 2. The molecule has 0 saturated carbocycles. The van der Waals surface area contributed by atoms with Gasteiger partial charge in [-0.2, -0.15) is 0 Å². The number of fused-ring (bicyclic) bond motifs is 3. The van der Waals surface area contributed by atoms with Gasteiger partial charge in [0.2, 0.25) is 0 Å². The van der Waals surface area contributed by atoms with Gasteiger partial charge in [-0.1, -0.05) is 68.8 Å². The highest BCUT2D eigenvalue weighted by Crippen LogP contribution is 2.44. The van der Waals surface area contributed by atoms with Crippen LogP contribution in [-0.2, 0) is 14.3 Å². The number of rotatable bonds is 10. The van der Waals surface area contributed by atoms with E-state index in [0.717, 1.165) is 35.1 Å². The van der Waals surface area contributed by atoms with Gasteiger partial charge in [-0.25, -0.2) is 9.59 Å². The van der Waals surface area contributed by atoms with Gasteiger partial charge in [0.05, 0.1) is 0 Å². The summed E-state index contributed by atoms with van der Waals surface area (Å²) in [6.07, 6.45) is 1.46. The van der Waals surface area contributed by atoms with Crippen molar-refractivity contribution < 1.29 is 29.3 Å². The van der Waals surface area contributed by atoms with Crippen LogP contribution in [0, 0.1) is 5.92 Å². The molecule has 10 heteroatoms. The van der Waals surface area contributed by atoms with Crippen molar-refractivity contribution in [3.63, 3.8) is 0 Å². The van der Waals surface area contributed by atoms with Crippen LogP contribution in [0.15, 0.2) is 48.5 Å². The van der Waals surface area contributed by atoms with Crippen molar-refractivity contribution in [1.82, 2.24) is 5.32 Å². The normalized spacial score (nSPS) is 13.2. The number of aliphatic carboxylic acids is 2. The van der Waals surface area contributed by atoms with E-state index >= 15 is 0 Å². The first-order valence-electron chi connectivity index (χ1n) is 11.7. The minimum atomic E-state index is -1.07. The maximum Gasteiger partial charge on any atom is 0.407 e. The maximum atomic E-state index is 12.0. The Kier molecular flexibility index (Phi) is 12.9. The Morgan fingerprint density at radius 3 is 1.92 bits per heavy atom. The molecule has 0 fully saturated rings. The Bertz CT molecular complexity index is 971. The van der Waals surface area contributed by atoms with Crippen LogP contribution in [0.1, 0.15) is 50.2 Å². The average molecular weight is 522 g/mol. The minimum absolute atomic E-state index is 0. The average Bonchev–Trinajstić information content (AvgIpc) is 3.15. The van der Waals surface area contributed by atoms with Crippen molar-refractivity contribution in [1.29, 1.82) is 0 Å². The molecule has 1 aliphatic rings. The molecule has 3 rings (SSSR count). The van der Waals surface area contributed by atoms with Crippen LogP contribution >= 0.6 is 12.4 Å². The van der Waals surface area contributed by atoms with Gasteiger partial charge < -0.3 is 31.7 Å². The number of hydrogen-bond acceptors (Lipinski definition) is 6. The third kappa shape index (κ3) is 8.51. The molecule has 1 amide bonds. The first kappa shape index (κ1) is 30.9. The fraction of sp³-hybridized carbons (Fsp3) is 0.423. The Balaban J connectivity index is 0.000000504. The van der Waals surface area contributed by atoms with E-state index in [1.165, 1.54) is 0 Å². The molecule has 36 heavy (non-hydrogen) atoms. The number of hydrogen-bond donors (Lipinski definition) is 5. The number of halogens is 1. The van der Waals surface area contributed by atoms with Crippen LogP contribution in [0.3, 0.4) is 0 Å². The van der Waals surface area contributed by atoms with E-state index in [4.69, 9.17) is 26.4 Å². The van der Waals surface area contributed by atoms with Crippen LogP contribution in [0.2, 0.25) is 0 Å². The van der Waals surface area contributed by atoms with E-state index in [-0.39, 0.29) is 30.8 Å². The molecule has 2 atom stereocenters. The van der Waals surface area contributed by atoms with Gasteiger partial charge in [0.15, 0.2) is 0 Å². The van der Waals surface area contributed by atoms with Gasteiger partial charge in [0.1, 0.15) is 18.7 Å². The number of carboxylic acid groups (broad SMARTS) is 2. The lowest BCUT2D eigenvalue weighted by Crippen LogP contribution is -2.44. The summed E-state index contributed by atoms with van der Waals surface area (Å²) >= 11 is 0. The second-order valence-corrected chi connectivity index (χ2v) is 8.76. The SMILES string of the molecule is CC(C)C(NC(=O)OCC1c2ccccc2-c2ccccc21)C(=O)O.Cl.NCCCCC(N)C(=O)O. The number of carbonyl (C=O) groups excluding carboxylic acids is 1. The summed E-state index contributed by atoms with van der Waals surface area (Å²) < 4.78 is 5.36. The molecule has 0 aliphatic heterocycles. The first-order valence-corrected chi connectivity index (χ1v) is 11.7. The zero-order chi connectivity index (χ0) is 26.0. The molecule has 0 aromatic heterocycles. The summed E-state index contributed by atoms with van der Waals surface area (Å²) in [4.78, 5) is 33.4. The summed E-state index contributed by atoms with van der Waals surface area (Å²) in [5.74, 6) is -2.26. The van der Waals surface area contributed by atoms with E-state index < -0.39 is 30.1 Å². The molecule has 198 valence electrons. The number of amides is 1. The maximum absolute atomic E-state index is 12.0. The quantitative estimate of drug-likeness (QED) is 0.296.